The first-order chi connectivity index (χ1) is 14.9. The topological polar surface area (TPSA) is 154 Å². The van der Waals surface area contributed by atoms with Gasteiger partial charge in [0.05, 0.1) is 12.6 Å². The highest BCUT2D eigenvalue weighted by Crippen LogP contribution is 2.28. The van der Waals surface area contributed by atoms with Crippen molar-refractivity contribution in [1.82, 2.24) is 20.9 Å². The molecule has 4 amide bonds. The van der Waals surface area contributed by atoms with Gasteiger partial charge in [-0.25, -0.2) is 9.59 Å². The van der Waals surface area contributed by atoms with Gasteiger partial charge < -0.3 is 30.7 Å². The van der Waals surface area contributed by atoms with Crippen molar-refractivity contribution in [3.05, 3.63) is 0 Å². The zero-order valence-electron chi connectivity index (χ0n) is 19.5. The van der Waals surface area contributed by atoms with Crippen LogP contribution in [0.1, 0.15) is 59.8 Å². The summed E-state index contributed by atoms with van der Waals surface area (Å²) in [6.07, 6.45) is 4.03. The van der Waals surface area contributed by atoms with Crippen LogP contribution in [0.15, 0.2) is 0 Å². The van der Waals surface area contributed by atoms with Crippen LogP contribution in [0.4, 0.5) is 4.79 Å². The van der Waals surface area contributed by atoms with Crippen LogP contribution in [0.3, 0.4) is 0 Å². The Morgan fingerprint density at radius 3 is 2.22 bits per heavy atom. The smallest absolute Gasteiger partial charge is 0.408 e. The first-order valence-electron chi connectivity index (χ1n) is 10.8. The van der Waals surface area contributed by atoms with Gasteiger partial charge in [0.1, 0.15) is 17.7 Å². The molecule has 4 N–H and O–H groups in total. The number of carbonyl (C=O) groups excluding carboxylic acids is 4. The Balaban J connectivity index is 3.01. The lowest BCUT2D eigenvalue weighted by atomic mass is 9.83. The van der Waals surface area contributed by atoms with Gasteiger partial charge in [-0.2, -0.15) is 0 Å². The number of nitrogens with zero attached hydrogens (tertiary/aromatic N) is 1. The molecule has 0 heterocycles. The van der Waals surface area contributed by atoms with Crippen LogP contribution < -0.4 is 16.0 Å². The van der Waals surface area contributed by atoms with Crippen molar-refractivity contribution in [2.75, 3.05) is 13.6 Å². The van der Waals surface area contributed by atoms with E-state index in [0.29, 0.717) is 6.41 Å². The van der Waals surface area contributed by atoms with Crippen molar-refractivity contribution in [1.29, 1.82) is 0 Å². The Morgan fingerprint density at radius 2 is 1.72 bits per heavy atom. The number of likely N-dealkylation sites (N-methyl/N-ethyl adjacent to an activating group) is 1. The standard InChI is InChI=1S/C21H36N4O7/c1-13(16(19(29)30)23-15(27)11-22-12-26)25(5)18(28)17(14-9-7-6-8-10-14)24-20(31)32-21(2,3)4/h12-14,16-17H,6-11H2,1-5H3,(H,22,26)(H,23,27)(H,24,31)(H,29,30)/t13-,16?,17?/m0/s1. The summed E-state index contributed by atoms with van der Waals surface area (Å²) < 4.78 is 5.32. The van der Waals surface area contributed by atoms with Crippen molar-refractivity contribution in [3.63, 3.8) is 0 Å². The molecule has 1 saturated carbocycles. The zero-order valence-corrected chi connectivity index (χ0v) is 19.5. The Hall–Kier alpha value is -2.85. The number of hydrogen-bond acceptors (Lipinski definition) is 6. The van der Waals surface area contributed by atoms with E-state index in [1.807, 2.05) is 0 Å². The lowest BCUT2D eigenvalue weighted by molar-refractivity contribution is -0.146. The Kier molecular flexibility index (Phi) is 10.4. The molecule has 0 aromatic heterocycles. The third-order valence-corrected chi connectivity index (χ3v) is 5.43. The van der Waals surface area contributed by atoms with Crippen molar-refractivity contribution in [3.8, 4) is 0 Å². The summed E-state index contributed by atoms with van der Waals surface area (Å²) in [6.45, 7) is 6.27. The minimum Gasteiger partial charge on any atom is -0.480 e. The van der Waals surface area contributed by atoms with E-state index in [0.717, 1.165) is 32.1 Å². The minimum absolute atomic E-state index is 0.104. The Labute approximate surface area is 188 Å². The molecule has 11 nitrogen and oxygen atoms in total. The molecule has 2 unspecified atom stereocenters. The van der Waals surface area contributed by atoms with Crippen LogP contribution in [0.2, 0.25) is 0 Å². The van der Waals surface area contributed by atoms with Gasteiger partial charge in [-0.05, 0) is 46.5 Å². The molecule has 1 rings (SSSR count). The monoisotopic (exact) mass is 456 g/mol. The van der Waals surface area contributed by atoms with Crippen LogP contribution in [0, 0.1) is 5.92 Å². The number of aliphatic carboxylic acids is 1. The van der Waals surface area contributed by atoms with E-state index in [4.69, 9.17) is 4.74 Å². The predicted molar refractivity (Wildman–Crippen MR) is 116 cm³/mol. The van der Waals surface area contributed by atoms with Crippen LogP contribution in [0.25, 0.3) is 0 Å². The number of alkyl carbamates (subject to hydrolysis) is 1. The van der Waals surface area contributed by atoms with E-state index in [1.165, 1.54) is 18.9 Å². The minimum atomic E-state index is -1.40. The Bertz CT molecular complexity index is 686. The maximum absolute atomic E-state index is 13.4. The molecule has 0 saturated heterocycles. The largest absolute Gasteiger partial charge is 0.480 e. The van der Waals surface area contributed by atoms with E-state index in [2.05, 4.69) is 16.0 Å². The van der Waals surface area contributed by atoms with Gasteiger partial charge in [0, 0.05) is 7.05 Å². The number of rotatable bonds is 10. The quantitative estimate of drug-likeness (QED) is 0.351. The third-order valence-electron chi connectivity index (χ3n) is 5.43. The van der Waals surface area contributed by atoms with Gasteiger partial charge >= 0.3 is 12.1 Å². The van der Waals surface area contributed by atoms with Gasteiger partial charge in [0.25, 0.3) is 0 Å². The molecule has 0 bridgehead atoms. The van der Waals surface area contributed by atoms with Gasteiger partial charge in [0.15, 0.2) is 0 Å². The average molecular weight is 457 g/mol. The van der Waals surface area contributed by atoms with Crippen molar-refractivity contribution < 1.29 is 33.8 Å². The number of amides is 4. The molecule has 3 atom stereocenters. The highest BCUT2D eigenvalue weighted by atomic mass is 16.6. The first-order valence-corrected chi connectivity index (χ1v) is 10.8. The second-order valence-electron chi connectivity index (χ2n) is 9.09. The fraction of sp³-hybridized carbons (Fsp3) is 0.762. The summed E-state index contributed by atoms with van der Waals surface area (Å²) in [7, 11) is 1.44. The lowest BCUT2D eigenvalue weighted by Crippen LogP contribution is -2.60. The summed E-state index contributed by atoms with van der Waals surface area (Å²) in [5, 5.41) is 16.7. The van der Waals surface area contributed by atoms with Crippen molar-refractivity contribution in [2.24, 2.45) is 5.92 Å². The maximum atomic E-state index is 13.4. The molecule has 32 heavy (non-hydrogen) atoms. The van der Waals surface area contributed by atoms with Gasteiger partial charge in [0.2, 0.25) is 18.2 Å². The summed E-state index contributed by atoms with van der Waals surface area (Å²) in [5.41, 5.74) is -0.738. The number of carbonyl (C=O) groups is 5. The van der Waals surface area contributed by atoms with E-state index in [9.17, 15) is 29.1 Å². The Morgan fingerprint density at radius 1 is 1.12 bits per heavy atom. The highest BCUT2D eigenvalue weighted by molar-refractivity contribution is 5.89. The van der Waals surface area contributed by atoms with Gasteiger partial charge in [-0.3, -0.25) is 14.4 Å². The summed E-state index contributed by atoms with van der Waals surface area (Å²) in [5.74, 6) is -2.59. The summed E-state index contributed by atoms with van der Waals surface area (Å²) >= 11 is 0. The number of carboxylic acids is 1. The first kappa shape index (κ1) is 27.2. The molecule has 11 heteroatoms. The lowest BCUT2D eigenvalue weighted by Gasteiger charge is -2.36. The highest BCUT2D eigenvalue weighted by Gasteiger charge is 2.38. The SMILES string of the molecule is C[C@@H](C(NC(=O)CNC=O)C(=O)O)N(C)C(=O)C(NC(=O)OC(C)(C)C)C1CCCCC1. The number of carboxylic acid groups (broad SMARTS) is 1. The normalized spacial score (nSPS) is 17.3. The maximum Gasteiger partial charge on any atom is 0.408 e. The molecule has 182 valence electrons. The van der Waals surface area contributed by atoms with E-state index >= 15 is 0 Å². The molecular formula is C21H36N4O7. The third kappa shape index (κ3) is 8.72. The molecule has 0 aromatic rings. The second kappa shape index (κ2) is 12.3. The number of nitrogens with one attached hydrogen (secondary N) is 3. The van der Waals surface area contributed by atoms with Crippen molar-refractivity contribution in [2.45, 2.75) is 83.5 Å². The fourth-order valence-corrected chi connectivity index (χ4v) is 3.67. The van der Waals surface area contributed by atoms with Gasteiger partial charge in [-0.1, -0.05) is 19.3 Å². The molecule has 0 radical (unpaired) electrons. The van der Waals surface area contributed by atoms with Crippen molar-refractivity contribution >= 4 is 30.3 Å². The van der Waals surface area contributed by atoms with E-state index in [-0.39, 0.29) is 12.5 Å². The molecular weight excluding hydrogens is 420 g/mol. The van der Waals surface area contributed by atoms with Gasteiger partial charge in [-0.15, -0.1) is 0 Å². The van der Waals surface area contributed by atoms with Crippen LogP contribution in [0.5, 0.6) is 0 Å². The summed E-state index contributed by atoms with van der Waals surface area (Å²) in [6, 6.07) is -3.20. The van der Waals surface area contributed by atoms with Crippen LogP contribution >= 0.6 is 0 Å². The van der Waals surface area contributed by atoms with E-state index in [1.54, 1.807) is 20.8 Å². The molecule has 1 aliphatic rings. The fourth-order valence-electron chi connectivity index (χ4n) is 3.67. The number of hydrogen-bond donors (Lipinski definition) is 4. The van der Waals surface area contributed by atoms with E-state index < -0.39 is 47.6 Å². The molecule has 0 spiro atoms. The number of ether oxygens (including phenoxy) is 1. The molecule has 0 aromatic carbocycles. The second-order valence-corrected chi connectivity index (χ2v) is 9.09. The molecule has 0 aliphatic heterocycles. The van der Waals surface area contributed by atoms with Crippen LogP contribution in [-0.2, 0) is 23.9 Å². The molecule has 1 aliphatic carbocycles. The predicted octanol–water partition coefficient (Wildman–Crippen LogP) is 0.622. The summed E-state index contributed by atoms with van der Waals surface area (Å²) in [4.78, 5) is 61.0. The van der Waals surface area contributed by atoms with Crippen LogP contribution in [-0.4, -0.2) is 77.6 Å². The average Bonchev–Trinajstić information content (AvgIpc) is 2.72. The zero-order chi connectivity index (χ0) is 24.5. The molecule has 1 fully saturated rings.